The zero-order chi connectivity index (χ0) is 17.3. The first-order valence-electron chi connectivity index (χ1n) is 8.26. The van der Waals surface area contributed by atoms with Crippen molar-refractivity contribution in [3.8, 4) is 10.6 Å². The van der Waals surface area contributed by atoms with Gasteiger partial charge in [0.15, 0.2) is 0 Å². The van der Waals surface area contributed by atoms with E-state index in [2.05, 4.69) is 9.71 Å². The van der Waals surface area contributed by atoms with E-state index >= 15 is 0 Å². The van der Waals surface area contributed by atoms with E-state index in [4.69, 9.17) is 0 Å². The maximum atomic E-state index is 12.7. The van der Waals surface area contributed by atoms with Gasteiger partial charge in [0.2, 0.25) is 0 Å². The van der Waals surface area contributed by atoms with Crippen LogP contribution in [-0.4, -0.2) is 13.4 Å². The van der Waals surface area contributed by atoms with E-state index in [1.54, 1.807) is 35.7 Å². The first-order valence-corrected chi connectivity index (χ1v) is 10.6. The normalized spacial score (nSPS) is 14.1. The van der Waals surface area contributed by atoms with Crippen LogP contribution in [0.15, 0.2) is 58.9 Å². The summed E-state index contributed by atoms with van der Waals surface area (Å²) < 4.78 is 28.0. The van der Waals surface area contributed by atoms with Crippen LogP contribution < -0.4 is 4.72 Å². The second-order valence-electron chi connectivity index (χ2n) is 6.16. The van der Waals surface area contributed by atoms with Crippen molar-refractivity contribution < 1.29 is 8.42 Å². The first-order chi connectivity index (χ1) is 12.1. The van der Waals surface area contributed by atoms with Crippen LogP contribution in [0.5, 0.6) is 0 Å². The van der Waals surface area contributed by atoms with Gasteiger partial charge in [-0.1, -0.05) is 6.07 Å². The molecule has 1 heterocycles. The predicted molar refractivity (Wildman–Crippen MR) is 101 cm³/mol. The molecule has 0 radical (unpaired) electrons. The highest BCUT2D eigenvalue weighted by Crippen LogP contribution is 2.27. The van der Waals surface area contributed by atoms with Crippen molar-refractivity contribution in [3.05, 3.63) is 65.2 Å². The van der Waals surface area contributed by atoms with Crippen LogP contribution in [0.2, 0.25) is 0 Å². The van der Waals surface area contributed by atoms with Crippen LogP contribution in [0.1, 0.15) is 24.0 Å². The van der Waals surface area contributed by atoms with Gasteiger partial charge in [-0.25, -0.2) is 13.4 Å². The molecule has 4 nitrogen and oxygen atoms in total. The van der Waals surface area contributed by atoms with Crippen molar-refractivity contribution in [2.75, 3.05) is 4.72 Å². The summed E-state index contributed by atoms with van der Waals surface area (Å²) in [5.74, 6) is 0. The van der Waals surface area contributed by atoms with E-state index in [0.29, 0.717) is 10.6 Å². The molecule has 0 spiro atoms. The molecule has 0 atom stereocenters. The molecular weight excluding hydrogens is 352 g/mol. The summed E-state index contributed by atoms with van der Waals surface area (Å²) in [4.78, 5) is 4.59. The van der Waals surface area contributed by atoms with Gasteiger partial charge in [-0.15, -0.1) is 11.3 Å². The Kier molecular flexibility index (Phi) is 4.31. The fourth-order valence-electron chi connectivity index (χ4n) is 3.14. The lowest BCUT2D eigenvalue weighted by Crippen LogP contribution is -2.14. The minimum atomic E-state index is -3.58. The molecule has 25 heavy (non-hydrogen) atoms. The average Bonchev–Trinajstić information content (AvgIpc) is 3.16. The Morgan fingerprint density at radius 2 is 1.72 bits per heavy atom. The van der Waals surface area contributed by atoms with Crippen molar-refractivity contribution in [1.29, 1.82) is 0 Å². The minimum Gasteiger partial charge on any atom is -0.280 e. The first kappa shape index (κ1) is 16.3. The third kappa shape index (κ3) is 3.45. The Morgan fingerprint density at radius 1 is 0.960 bits per heavy atom. The summed E-state index contributed by atoms with van der Waals surface area (Å²) in [6, 6.07) is 12.8. The predicted octanol–water partition coefficient (Wildman–Crippen LogP) is 4.49. The molecule has 1 aliphatic rings. The number of thiazole rings is 1. The Bertz CT molecular complexity index is 979. The highest BCUT2D eigenvalue weighted by atomic mass is 32.2. The van der Waals surface area contributed by atoms with Gasteiger partial charge in [-0.3, -0.25) is 4.72 Å². The van der Waals surface area contributed by atoms with Crippen LogP contribution in [0.25, 0.3) is 10.6 Å². The molecule has 0 saturated heterocycles. The van der Waals surface area contributed by atoms with Gasteiger partial charge in [0.05, 0.1) is 4.90 Å². The number of rotatable bonds is 4. The largest absolute Gasteiger partial charge is 0.280 e. The zero-order valence-electron chi connectivity index (χ0n) is 13.6. The van der Waals surface area contributed by atoms with E-state index < -0.39 is 10.0 Å². The number of aromatic nitrogens is 1. The van der Waals surface area contributed by atoms with E-state index in [1.165, 1.54) is 12.0 Å². The lowest BCUT2D eigenvalue weighted by molar-refractivity contribution is 0.600. The highest BCUT2D eigenvalue weighted by Gasteiger charge is 2.18. The number of sulfonamides is 1. The van der Waals surface area contributed by atoms with Crippen molar-refractivity contribution in [3.63, 3.8) is 0 Å². The summed E-state index contributed by atoms with van der Waals surface area (Å²) >= 11 is 1.56. The summed E-state index contributed by atoms with van der Waals surface area (Å²) in [5, 5.41) is 2.84. The molecule has 4 rings (SSSR count). The minimum absolute atomic E-state index is 0.331. The monoisotopic (exact) mass is 370 g/mol. The SMILES string of the molecule is O=S(=O)(Nc1ccc(-c2nccs2)cc1)c1ccc2c(c1)CCCC2. The van der Waals surface area contributed by atoms with Crippen LogP contribution in [-0.2, 0) is 22.9 Å². The maximum absolute atomic E-state index is 12.7. The fraction of sp³-hybridized carbons (Fsp3) is 0.211. The van der Waals surface area contributed by atoms with Crippen LogP contribution >= 0.6 is 11.3 Å². The Morgan fingerprint density at radius 3 is 2.44 bits per heavy atom. The van der Waals surface area contributed by atoms with E-state index in [1.807, 2.05) is 29.6 Å². The third-order valence-electron chi connectivity index (χ3n) is 4.45. The molecule has 0 aliphatic heterocycles. The number of hydrogen-bond acceptors (Lipinski definition) is 4. The molecule has 0 amide bonds. The molecule has 1 aliphatic carbocycles. The topological polar surface area (TPSA) is 59.1 Å². The summed E-state index contributed by atoms with van der Waals surface area (Å²) in [6.45, 7) is 0. The summed E-state index contributed by atoms with van der Waals surface area (Å²) in [5.41, 5.74) is 3.97. The standard InChI is InChI=1S/C19H18N2O2S2/c22-25(23,18-10-7-14-3-1-2-4-16(14)13-18)21-17-8-5-15(6-9-17)19-20-11-12-24-19/h5-13,21H,1-4H2. The van der Waals surface area contributed by atoms with Crippen molar-refractivity contribution in [2.45, 2.75) is 30.6 Å². The Balaban J connectivity index is 1.57. The van der Waals surface area contributed by atoms with Crippen molar-refractivity contribution in [2.24, 2.45) is 0 Å². The van der Waals surface area contributed by atoms with Gasteiger partial charge in [-0.05, 0) is 73.2 Å². The molecule has 1 N–H and O–H groups in total. The molecule has 0 fully saturated rings. The third-order valence-corrected chi connectivity index (χ3v) is 6.65. The number of anilines is 1. The number of nitrogens with zero attached hydrogens (tertiary/aromatic N) is 1. The smallest absolute Gasteiger partial charge is 0.261 e. The van der Waals surface area contributed by atoms with Gasteiger partial charge in [0.25, 0.3) is 10.0 Å². The maximum Gasteiger partial charge on any atom is 0.261 e. The molecule has 0 saturated carbocycles. The second kappa shape index (κ2) is 6.61. The zero-order valence-corrected chi connectivity index (χ0v) is 15.2. The molecule has 6 heteroatoms. The van der Waals surface area contributed by atoms with Gasteiger partial charge >= 0.3 is 0 Å². The number of hydrogen-bond donors (Lipinski definition) is 1. The number of fused-ring (bicyclic) bond motifs is 1. The van der Waals surface area contributed by atoms with Gasteiger partial charge in [-0.2, -0.15) is 0 Å². The second-order valence-corrected chi connectivity index (χ2v) is 8.73. The van der Waals surface area contributed by atoms with Crippen molar-refractivity contribution in [1.82, 2.24) is 4.98 Å². The molecule has 0 bridgehead atoms. The van der Waals surface area contributed by atoms with Crippen LogP contribution in [0.4, 0.5) is 5.69 Å². The molecular formula is C19H18N2O2S2. The van der Waals surface area contributed by atoms with Gasteiger partial charge < -0.3 is 0 Å². The van der Waals surface area contributed by atoms with E-state index in [-0.39, 0.29) is 0 Å². The Hall–Kier alpha value is -2.18. The average molecular weight is 370 g/mol. The van der Waals surface area contributed by atoms with Gasteiger partial charge in [0.1, 0.15) is 5.01 Å². The molecule has 3 aromatic rings. The molecule has 128 valence electrons. The lowest BCUT2D eigenvalue weighted by atomic mass is 9.92. The quantitative estimate of drug-likeness (QED) is 0.736. The van der Waals surface area contributed by atoms with Gasteiger partial charge in [0, 0.05) is 22.8 Å². The fourth-order valence-corrected chi connectivity index (χ4v) is 4.89. The lowest BCUT2D eigenvalue weighted by Gasteiger charge is -2.17. The van der Waals surface area contributed by atoms with Crippen LogP contribution in [0.3, 0.4) is 0 Å². The Labute approximate surface area is 151 Å². The number of benzene rings is 2. The molecule has 1 aromatic heterocycles. The molecule has 0 unspecified atom stereocenters. The molecule has 2 aromatic carbocycles. The number of aryl methyl sites for hydroxylation is 2. The van der Waals surface area contributed by atoms with E-state index in [0.717, 1.165) is 35.4 Å². The summed E-state index contributed by atoms with van der Waals surface area (Å²) in [7, 11) is -3.58. The number of nitrogens with one attached hydrogen (secondary N) is 1. The van der Waals surface area contributed by atoms with E-state index in [9.17, 15) is 8.42 Å². The van der Waals surface area contributed by atoms with Crippen molar-refractivity contribution >= 4 is 27.0 Å². The van der Waals surface area contributed by atoms with Crippen LogP contribution in [0, 0.1) is 0 Å². The highest BCUT2D eigenvalue weighted by molar-refractivity contribution is 7.92. The summed E-state index contributed by atoms with van der Waals surface area (Å²) in [6.07, 6.45) is 6.07.